The third kappa shape index (κ3) is 4.29. The second-order valence-electron chi connectivity index (χ2n) is 5.05. The Morgan fingerprint density at radius 2 is 2.14 bits per heavy atom. The number of amides is 2. The van der Waals surface area contributed by atoms with E-state index in [1.165, 1.54) is 0 Å². The topological polar surface area (TPSA) is 92.1 Å². The summed E-state index contributed by atoms with van der Waals surface area (Å²) in [5, 5.41) is 18.4. The van der Waals surface area contributed by atoms with Gasteiger partial charge in [-0.25, -0.2) is 14.5 Å². The molecular weight excluding hydrogens is 282 g/mol. The number of hydrogen-bond donors (Lipinski definition) is 3. The van der Waals surface area contributed by atoms with Crippen LogP contribution in [0.4, 0.5) is 4.79 Å². The van der Waals surface area contributed by atoms with Crippen molar-refractivity contribution in [1.29, 1.82) is 0 Å². The number of urea groups is 1. The zero-order valence-corrected chi connectivity index (χ0v) is 12.8. The number of carbonyl (C=O) groups excluding carboxylic acids is 1. The summed E-state index contributed by atoms with van der Waals surface area (Å²) in [6, 6.07) is 5.52. The zero-order chi connectivity index (χ0) is 15.9. The molecule has 0 aliphatic heterocycles. The molecule has 3 N–H and O–H groups in total. The minimum absolute atomic E-state index is 0.0674. The second kappa shape index (κ2) is 7.56. The molecule has 22 heavy (non-hydrogen) atoms. The van der Waals surface area contributed by atoms with Crippen molar-refractivity contribution in [2.45, 2.75) is 26.8 Å². The fraction of sp³-hybridized carbons (Fsp3) is 0.400. The molecule has 7 nitrogen and oxygen atoms in total. The van der Waals surface area contributed by atoms with Gasteiger partial charge in [0, 0.05) is 31.6 Å². The smallest absolute Gasteiger partial charge is 0.315 e. The molecule has 7 heteroatoms. The fourth-order valence-corrected chi connectivity index (χ4v) is 2.03. The molecule has 2 aromatic rings. The number of aliphatic hydroxyl groups is 1. The first-order chi connectivity index (χ1) is 10.6. The maximum Gasteiger partial charge on any atom is 0.315 e. The van der Waals surface area contributed by atoms with Gasteiger partial charge in [-0.2, -0.15) is 5.10 Å². The van der Waals surface area contributed by atoms with Gasteiger partial charge in [-0.3, -0.25) is 0 Å². The molecule has 2 heterocycles. The van der Waals surface area contributed by atoms with Crippen LogP contribution in [0.2, 0.25) is 0 Å². The molecule has 0 bridgehead atoms. The molecule has 118 valence electrons. The van der Waals surface area contributed by atoms with Crippen molar-refractivity contribution in [2.24, 2.45) is 0 Å². The number of nitrogens with one attached hydrogen (secondary N) is 2. The molecule has 0 aliphatic carbocycles. The van der Waals surface area contributed by atoms with E-state index in [4.69, 9.17) is 5.11 Å². The van der Waals surface area contributed by atoms with Gasteiger partial charge >= 0.3 is 6.03 Å². The Balaban J connectivity index is 1.89. The van der Waals surface area contributed by atoms with Gasteiger partial charge in [0.05, 0.1) is 5.69 Å². The molecule has 0 radical (unpaired) electrons. The van der Waals surface area contributed by atoms with E-state index in [1.54, 1.807) is 10.9 Å². The van der Waals surface area contributed by atoms with Gasteiger partial charge in [-0.05, 0) is 38.0 Å². The summed E-state index contributed by atoms with van der Waals surface area (Å²) in [5.41, 5.74) is 2.88. The summed E-state index contributed by atoms with van der Waals surface area (Å²) in [7, 11) is 0. The average molecular weight is 303 g/mol. The normalized spacial score (nSPS) is 10.5. The van der Waals surface area contributed by atoms with Gasteiger partial charge in [-0.15, -0.1) is 0 Å². The minimum atomic E-state index is -0.254. The molecular formula is C15H21N5O2. The van der Waals surface area contributed by atoms with E-state index in [0.717, 1.165) is 22.8 Å². The number of aromatic nitrogens is 3. The molecule has 0 spiro atoms. The van der Waals surface area contributed by atoms with Crippen LogP contribution in [0.1, 0.15) is 23.4 Å². The van der Waals surface area contributed by atoms with Crippen LogP contribution in [-0.4, -0.2) is 39.1 Å². The highest BCUT2D eigenvalue weighted by Crippen LogP contribution is 2.10. The number of aliphatic hydroxyl groups excluding tert-OH is 1. The highest BCUT2D eigenvalue weighted by molar-refractivity contribution is 5.73. The first kappa shape index (κ1) is 16.0. The van der Waals surface area contributed by atoms with E-state index >= 15 is 0 Å². The zero-order valence-electron chi connectivity index (χ0n) is 12.8. The predicted octanol–water partition coefficient (Wildman–Crippen LogP) is 1.07. The van der Waals surface area contributed by atoms with Crippen molar-refractivity contribution in [3.63, 3.8) is 0 Å². The largest absolute Gasteiger partial charge is 0.396 e. The lowest BCUT2D eigenvalue weighted by Gasteiger charge is -2.08. The number of hydrogen-bond acceptors (Lipinski definition) is 4. The number of pyridine rings is 1. The van der Waals surface area contributed by atoms with Gasteiger partial charge in [0.15, 0.2) is 5.82 Å². The van der Waals surface area contributed by atoms with E-state index in [9.17, 15) is 4.79 Å². The third-order valence-corrected chi connectivity index (χ3v) is 3.11. The Morgan fingerprint density at radius 1 is 1.32 bits per heavy atom. The minimum Gasteiger partial charge on any atom is -0.396 e. The Labute approximate surface area is 129 Å². The maximum absolute atomic E-state index is 11.5. The first-order valence-corrected chi connectivity index (χ1v) is 7.21. The second-order valence-corrected chi connectivity index (χ2v) is 5.05. The quantitative estimate of drug-likeness (QED) is 0.696. The van der Waals surface area contributed by atoms with Crippen LogP contribution in [0.15, 0.2) is 24.4 Å². The third-order valence-electron chi connectivity index (χ3n) is 3.11. The van der Waals surface area contributed by atoms with E-state index in [-0.39, 0.29) is 12.6 Å². The van der Waals surface area contributed by atoms with E-state index in [2.05, 4.69) is 20.7 Å². The number of rotatable bonds is 6. The number of aryl methyl sites for hydroxylation is 2. The molecule has 0 unspecified atom stereocenters. The fourth-order valence-electron chi connectivity index (χ4n) is 2.03. The van der Waals surface area contributed by atoms with E-state index in [0.29, 0.717) is 19.5 Å². The number of carbonyl (C=O) groups is 1. The summed E-state index contributed by atoms with van der Waals surface area (Å²) < 4.78 is 1.79. The average Bonchev–Trinajstić information content (AvgIpc) is 2.85. The summed E-state index contributed by atoms with van der Waals surface area (Å²) >= 11 is 0. The SMILES string of the molecule is Cc1cc(C)n(-c2ccc(CNC(=O)NCCCO)cn2)n1. The molecule has 0 fully saturated rings. The molecule has 0 saturated carbocycles. The van der Waals surface area contributed by atoms with Gasteiger partial charge < -0.3 is 15.7 Å². The van der Waals surface area contributed by atoms with Crippen molar-refractivity contribution < 1.29 is 9.90 Å². The number of nitrogens with zero attached hydrogens (tertiary/aromatic N) is 3. The van der Waals surface area contributed by atoms with Gasteiger partial charge in [0.25, 0.3) is 0 Å². The molecule has 2 rings (SSSR count). The van der Waals surface area contributed by atoms with Gasteiger partial charge in [-0.1, -0.05) is 6.07 Å². The Hall–Kier alpha value is -2.41. The highest BCUT2D eigenvalue weighted by Gasteiger charge is 2.05. The van der Waals surface area contributed by atoms with Crippen LogP contribution in [0.3, 0.4) is 0 Å². The van der Waals surface area contributed by atoms with Gasteiger partial charge in [0.1, 0.15) is 0 Å². The predicted molar refractivity (Wildman–Crippen MR) is 82.8 cm³/mol. The summed E-state index contributed by atoms with van der Waals surface area (Å²) in [4.78, 5) is 15.9. The lowest BCUT2D eigenvalue weighted by Crippen LogP contribution is -2.35. The van der Waals surface area contributed by atoms with Crippen LogP contribution < -0.4 is 10.6 Å². The van der Waals surface area contributed by atoms with Crippen LogP contribution in [0, 0.1) is 13.8 Å². The van der Waals surface area contributed by atoms with E-state index in [1.807, 2.05) is 32.0 Å². The first-order valence-electron chi connectivity index (χ1n) is 7.21. The maximum atomic E-state index is 11.5. The van der Waals surface area contributed by atoms with Crippen molar-refractivity contribution >= 4 is 6.03 Å². The van der Waals surface area contributed by atoms with Crippen LogP contribution >= 0.6 is 0 Å². The molecule has 0 atom stereocenters. The molecule has 0 saturated heterocycles. The van der Waals surface area contributed by atoms with Crippen LogP contribution in [-0.2, 0) is 6.54 Å². The molecule has 0 aromatic carbocycles. The summed E-state index contributed by atoms with van der Waals surface area (Å²) in [5.74, 6) is 0.752. The lowest BCUT2D eigenvalue weighted by molar-refractivity contribution is 0.237. The van der Waals surface area contributed by atoms with Crippen molar-refractivity contribution in [2.75, 3.05) is 13.2 Å². The Bertz CT molecular complexity index is 621. The van der Waals surface area contributed by atoms with Crippen molar-refractivity contribution in [3.8, 4) is 5.82 Å². The summed E-state index contributed by atoms with van der Waals surface area (Å²) in [6.45, 7) is 4.84. The Kier molecular flexibility index (Phi) is 5.48. The van der Waals surface area contributed by atoms with Crippen molar-refractivity contribution in [3.05, 3.63) is 41.3 Å². The van der Waals surface area contributed by atoms with Crippen LogP contribution in [0.5, 0.6) is 0 Å². The lowest BCUT2D eigenvalue weighted by atomic mass is 10.3. The highest BCUT2D eigenvalue weighted by atomic mass is 16.3. The summed E-state index contributed by atoms with van der Waals surface area (Å²) in [6.07, 6.45) is 2.27. The monoisotopic (exact) mass is 303 g/mol. The van der Waals surface area contributed by atoms with Crippen molar-refractivity contribution in [1.82, 2.24) is 25.4 Å². The van der Waals surface area contributed by atoms with Gasteiger partial charge in [0.2, 0.25) is 0 Å². The molecule has 0 aliphatic rings. The standard InChI is InChI=1S/C15H21N5O2/c1-11-8-12(2)20(19-11)14-5-4-13(9-17-14)10-18-15(22)16-6-3-7-21/h4-5,8-9,21H,3,6-7,10H2,1-2H3,(H2,16,18,22). The molecule has 2 amide bonds. The Morgan fingerprint density at radius 3 is 2.73 bits per heavy atom. The van der Waals surface area contributed by atoms with E-state index < -0.39 is 0 Å². The van der Waals surface area contributed by atoms with Crippen LogP contribution in [0.25, 0.3) is 5.82 Å². The molecule has 2 aromatic heterocycles.